The van der Waals surface area contributed by atoms with Crippen molar-refractivity contribution >= 4 is 17.0 Å². The van der Waals surface area contributed by atoms with Crippen LogP contribution in [0.4, 0.5) is 4.39 Å². The first-order valence-electron chi connectivity index (χ1n) is 8.76. The Labute approximate surface area is 161 Å². The molecular weight excluding hydrogens is 355 g/mol. The number of aromatic nitrogens is 1. The van der Waals surface area contributed by atoms with Gasteiger partial charge in [-0.3, -0.25) is 0 Å². The highest BCUT2D eigenvalue weighted by Gasteiger charge is 2.15. The van der Waals surface area contributed by atoms with E-state index in [0.29, 0.717) is 10.8 Å². The number of hydrogen-bond donors (Lipinski definition) is 2. The van der Waals surface area contributed by atoms with Gasteiger partial charge in [0, 0.05) is 17.0 Å². The van der Waals surface area contributed by atoms with Crippen molar-refractivity contribution in [2.45, 2.75) is 6.61 Å². The number of pyridine rings is 1. The van der Waals surface area contributed by atoms with Gasteiger partial charge in [-0.1, -0.05) is 60.7 Å². The molecule has 0 saturated heterocycles. The summed E-state index contributed by atoms with van der Waals surface area (Å²) < 4.78 is 19.7. The standard InChI is InChI=1S/C23H17FN2O2/c24-17-10-11-19-20(12-17)23(26-22(27)21(19)13-25)28-14-16-8-4-5-9-18(16)15-6-2-1-3-7-15/h1-13,25H,14H2,(H,26,27). The fourth-order valence-electron chi connectivity index (χ4n) is 3.21. The number of nitrogens with zero attached hydrogens (tertiary/aromatic N) is 1. The molecule has 0 aliphatic carbocycles. The Morgan fingerprint density at radius 2 is 1.71 bits per heavy atom. The SMILES string of the molecule is N=Cc1c(O)nc(OCc2ccccc2-c2ccccc2)c2cc(F)ccc12. The van der Waals surface area contributed by atoms with Crippen LogP contribution in [0.3, 0.4) is 0 Å². The van der Waals surface area contributed by atoms with E-state index >= 15 is 0 Å². The third-order valence-electron chi connectivity index (χ3n) is 4.56. The highest BCUT2D eigenvalue weighted by Crippen LogP contribution is 2.33. The molecule has 0 bridgehead atoms. The Morgan fingerprint density at radius 1 is 0.964 bits per heavy atom. The van der Waals surface area contributed by atoms with Crippen LogP contribution in [-0.2, 0) is 6.61 Å². The molecule has 0 radical (unpaired) electrons. The van der Waals surface area contributed by atoms with Gasteiger partial charge in [-0.25, -0.2) is 4.39 Å². The molecule has 28 heavy (non-hydrogen) atoms. The molecule has 0 fully saturated rings. The molecule has 3 aromatic carbocycles. The van der Waals surface area contributed by atoms with Gasteiger partial charge in [-0.05, 0) is 28.8 Å². The van der Waals surface area contributed by atoms with Crippen molar-refractivity contribution in [3.05, 3.63) is 89.7 Å². The number of fused-ring (bicyclic) bond motifs is 1. The van der Waals surface area contributed by atoms with Crippen LogP contribution in [0.25, 0.3) is 21.9 Å². The highest BCUT2D eigenvalue weighted by molar-refractivity contribution is 6.02. The van der Waals surface area contributed by atoms with Crippen LogP contribution in [0.5, 0.6) is 11.8 Å². The van der Waals surface area contributed by atoms with Crippen LogP contribution in [0.15, 0.2) is 72.8 Å². The molecule has 0 unspecified atom stereocenters. The molecular formula is C23H17FN2O2. The minimum absolute atomic E-state index is 0.125. The second kappa shape index (κ2) is 7.48. The first-order chi connectivity index (χ1) is 13.7. The van der Waals surface area contributed by atoms with E-state index in [4.69, 9.17) is 10.1 Å². The fraction of sp³-hybridized carbons (Fsp3) is 0.0435. The summed E-state index contributed by atoms with van der Waals surface area (Å²) in [4.78, 5) is 4.05. The van der Waals surface area contributed by atoms with Crippen LogP contribution in [-0.4, -0.2) is 16.3 Å². The van der Waals surface area contributed by atoms with E-state index in [1.807, 2.05) is 54.6 Å². The van der Waals surface area contributed by atoms with Crippen molar-refractivity contribution in [1.29, 1.82) is 5.41 Å². The highest BCUT2D eigenvalue weighted by atomic mass is 19.1. The largest absolute Gasteiger partial charge is 0.493 e. The number of aromatic hydroxyl groups is 1. The van der Waals surface area contributed by atoms with Crippen LogP contribution in [0, 0.1) is 11.2 Å². The molecule has 5 heteroatoms. The van der Waals surface area contributed by atoms with Gasteiger partial charge in [-0.15, -0.1) is 0 Å². The Balaban J connectivity index is 1.73. The van der Waals surface area contributed by atoms with Crippen molar-refractivity contribution in [2.75, 3.05) is 0 Å². The average Bonchev–Trinajstić information content (AvgIpc) is 2.73. The number of hydrogen-bond acceptors (Lipinski definition) is 4. The maximum Gasteiger partial charge on any atom is 0.225 e. The zero-order valence-electron chi connectivity index (χ0n) is 14.9. The monoisotopic (exact) mass is 372 g/mol. The minimum atomic E-state index is -0.439. The van der Waals surface area contributed by atoms with E-state index in [0.717, 1.165) is 22.9 Å². The summed E-state index contributed by atoms with van der Waals surface area (Å²) in [5.41, 5.74) is 3.26. The predicted octanol–water partition coefficient (Wildman–Crippen LogP) is 5.32. The number of ether oxygens (including phenoxy) is 1. The van der Waals surface area contributed by atoms with Crippen LogP contribution in [0.2, 0.25) is 0 Å². The van der Waals surface area contributed by atoms with Crippen molar-refractivity contribution < 1.29 is 14.2 Å². The number of nitrogens with one attached hydrogen (secondary N) is 1. The molecule has 0 spiro atoms. The van der Waals surface area contributed by atoms with Gasteiger partial charge < -0.3 is 15.3 Å². The lowest BCUT2D eigenvalue weighted by molar-refractivity contribution is 0.293. The molecule has 0 saturated carbocycles. The van der Waals surface area contributed by atoms with Crippen LogP contribution >= 0.6 is 0 Å². The van der Waals surface area contributed by atoms with Gasteiger partial charge in [0.25, 0.3) is 0 Å². The topological polar surface area (TPSA) is 66.2 Å². The quantitative estimate of drug-likeness (QED) is 0.466. The van der Waals surface area contributed by atoms with Gasteiger partial charge in [0.05, 0.1) is 5.56 Å². The lowest BCUT2D eigenvalue weighted by Crippen LogP contribution is -2.02. The van der Waals surface area contributed by atoms with E-state index in [-0.39, 0.29) is 23.9 Å². The molecule has 4 aromatic rings. The number of rotatable bonds is 5. The average molecular weight is 372 g/mol. The molecule has 0 amide bonds. The van der Waals surface area contributed by atoms with Crippen molar-refractivity contribution in [3.63, 3.8) is 0 Å². The van der Waals surface area contributed by atoms with Gasteiger partial charge in [0.15, 0.2) is 0 Å². The Morgan fingerprint density at radius 3 is 2.50 bits per heavy atom. The molecule has 4 nitrogen and oxygen atoms in total. The summed E-state index contributed by atoms with van der Waals surface area (Å²) in [5.74, 6) is -0.633. The second-order valence-electron chi connectivity index (χ2n) is 6.30. The maximum absolute atomic E-state index is 13.8. The van der Waals surface area contributed by atoms with E-state index < -0.39 is 5.82 Å². The van der Waals surface area contributed by atoms with E-state index in [1.54, 1.807) is 0 Å². The van der Waals surface area contributed by atoms with Crippen molar-refractivity contribution in [3.8, 4) is 22.9 Å². The predicted molar refractivity (Wildman–Crippen MR) is 107 cm³/mol. The van der Waals surface area contributed by atoms with Gasteiger partial charge in [-0.2, -0.15) is 4.98 Å². The summed E-state index contributed by atoms with van der Waals surface area (Å²) in [6.07, 6.45) is 0.997. The molecule has 138 valence electrons. The summed E-state index contributed by atoms with van der Waals surface area (Å²) in [5, 5.41) is 18.6. The zero-order valence-corrected chi connectivity index (χ0v) is 14.9. The third-order valence-corrected chi connectivity index (χ3v) is 4.56. The lowest BCUT2D eigenvalue weighted by atomic mass is 10.0. The van der Waals surface area contributed by atoms with Crippen LogP contribution in [0.1, 0.15) is 11.1 Å². The zero-order chi connectivity index (χ0) is 19.5. The Kier molecular flexibility index (Phi) is 4.72. The van der Waals surface area contributed by atoms with E-state index in [9.17, 15) is 9.50 Å². The first-order valence-corrected chi connectivity index (χ1v) is 8.76. The third kappa shape index (κ3) is 3.30. The molecule has 0 aliphatic heterocycles. The van der Waals surface area contributed by atoms with Gasteiger partial charge >= 0.3 is 0 Å². The summed E-state index contributed by atoms with van der Waals surface area (Å²) in [6, 6.07) is 21.9. The summed E-state index contributed by atoms with van der Waals surface area (Å²) >= 11 is 0. The molecule has 1 aromatic heterocycles. The van der Waals surface area contributed by atoms with E-state index in [2.05, 4.69) is 4.98 Å². The number of benzene rings is 3. The minimum Gasteiger partial charge on any atom is -0.493 e. The van der Waals surface area contributed by atoms with Gasteiger partial charge in [0.2, 0.25) is 11.8 Å². The first kappa shape index (κ1) is 17.7. The maximum atomic E-state index is 13.8. The molecule has 0 atom stereocenters. The Hall–Kier alpha value is -3.73. The summed E-state index contributed by atoms with van der Waals surface area (Å²) in [7, 11) is 0. The smallest absolute Gasteiger partial charge is 0.225 e. The molecule has 1 heterocycles. The fourth-order valence-corrected chi connectivity index (χ4v) is 3.21. The second-order valence-corrected chi connectivity index (χ2v) is 6.30. The summed E-state index contributed by atoms with van der Waals surface area (Å²) in [6.45, 7) is 0.201. The molecule has 4 rings (SSSR count). The number of halogens is 1. The van der Waals surface area contributed by atoms with E-state index in [1.165, 1.54) is 18.2 Å². The van der Waals surface area contributed by atoms with Gasteiger partial charge in [0.1, 0.15) is 12.4 Å². The van der Waals surface area contributed by atoms with Crippen molar-refractivity contribution in [1.82, 2.24) is 4.98 Å². The van der Waals surface area contributed by atoms with Crippen molar-refractivity contribution in [2.24, 2.45) is 0 Å². The normalized spacial score (nSPS) is 10.8. The van der Waals surface area contributed by atoms with Crippen LogP contribution < -0.4 is 4.74 Å². The molecule has 0 aliphatic rings. The lowest BCUT2D eigenvalue weighted by Gasteiger charge is -2.14. The Bertz CT molecular complexity index is 1160. The molecule has 2 N–H and O–H groups in total.